The maximum Gasteiger partial charge on any atom is 0.0726 e. The van der Waals surface area contributed by atoms with Crippen LogP contribution in [0.25, 0.3) is 66.2 Å². The SMILES string of the molecule is CC(C)(C)c1ccc(C(=Cc2ccc3c(c2)C2(c4ccccc4-c4cc5c6ccccc6c6ccccc6c5cc42)c2cc(N(c4ccc(C(C)(C)C)cc4)c4ccc(C(C)(C)C)cc4)ccc2-3)c2ccc(C(C)(C)C)cc2)cc1. The van der Waals surface area contributed by atoms with E-state index in [-0.39, 0.29) is 21.7 Å². The van der Waals surface area contributed by atoms with Gasteiger partial charge in [-0.1, -0.05) is 247 Å². The molecule has 1 unspecified atom stereocenters. The lowest BCUT2D eigenvalue weighted by Crippen LogP contribution is -2.26. The second-order valence-electron chi connectivity index (χ2n) is 27.0. The van der Waals surface area contributed by atoms with Crippen molar-refractivity contribution in [2.45, 2.75) is 110 Å². The number of benzene rings is 11. The Balaban J connectivity index is 1.10. The molecule has 0 N–H and O–H groups in total. The summed E-state index contributed by atoms with van der Waals surface area (Å²) in [6.45, 7) is 27.6. The van der Waals surface area contributed by atoms with Gasteiger partial charge in [0.1, 0.15) is 0 Å². The van der Waals surface area contributed by atoms with E-state index in [1.165, 1.54) is 121 Å². The van der Waals surface area contributed by atoms with Gasteiger partial charge in [-0.2, -0.15) is 0 Å². The fourth-order valence-corrected chi connectivity index (χ4v) is 13.3. The van der Waals surface area contributed by atoms with E-state index in [4.69, 9.17) is 0 Å². The minimum absolute atomic E-state index is 0.0249. The smallest absolute Gasteiger partial charge is 0.0726 e. The zero-order chi connectivity index (χ0) is 55.7. The highest BCUT2D eigenvalue weighted by Crippen LogP contribution is 2.64. The molecule has 1 atom stereocenters. The first-order valence-corrected chi connectivity index (χ1v) is 28.9. The molecule has 0 saturated heterocycles. The van der Waals surface area contributed by atoms with Crippen LogP contribution in [0.5, 0.6) is 0 Å². The van der Waals surface area contributed by atoms with Crippen LogP contribution >= 0.6 is 0 Å². The van der Waals surface area contributed by atoms with Gasteiger partial charge in [0.2, 0.25) is 0 Å². The van der Waals surface area contributed by atoms with Gasteiger partial charge in [0.15, 0.2) is 0 Å². The van der Waals surface area contributed by atoms with E-state index in [9.17, 15) is 0 Å². The topological polar surface area (TPSA) is 3.24 Å². The predicted octanol–water partition coefficient (Wildman–Crippen LogP) is 21.7. The van der Waals surface area contributed by atoms with Gasteiger partial charge >= 0.3 is 0 Å². The van der Waals surface area contributed by atoms with Crippen molar-refractivity contribution in [2.24, 2.45) is 0 Å². The van der Waals surface area contributed by atoms with E-state index in [0.29, 0.717) is 0 Å². The number of nitrogens with zero attached hydrogens (tertiary/aromatic N) is 1. The summed E-state index contributed by atoms with van der Waals surface area (Å²) in [6.07, 6.45) is 2.45. The number of anilines is 3. The van der Waals surface area contributed by atoms with Crippen molar-refractivity contribution >= 4 is 61.0 Å². The molecule has 0 aliphatic heterocycles. The van der Waals surface area contributed by atoms with Crippen LogP contribution in [0.4, 0.5) is 17.1 Å². The zero-order valence-electron chi connectivity index (χ0n) is 48.8. The Bertz CT molecular complexity index is 4150. The molecule has 13 rings (SSSR count). The van der Waals surface area contributed by atoms with Crippen molar-refractivity contribution in [1.29, 1.82) is 0 Å². The summed E-state index contributed by atoms with van der Waals surface area (Å²) >= 11 is 0. The monoisotopic (exact) mass is 1040 g/mol. The summed E-state index contributed by atoms with van der Waals surface area (Å²) in [5, 5.41) is 7.71. The average molecular weight is 1040 g/mol. The molecule has 0 heterocycles. The van der Waals surface area contributed by atoms with Crippen LogP contribution in [0.2, 0.25) is 0 Å². The molecule has 0 radical (unpaired) electrons. The van der Waals surface area contributed by atoms with Crippen LogP contribution in [0, 0.1) is 0 Å². The minimum Gasteiger partial charge on any atom is -0.310 e. The van der Waals surface area contributed by atoms with Gasteiger partial charge in [0.05, 0.1) is 5.41 Å². The number of rotatable bonds is 6. The molecule has 2 aliphatic rings. The Labute approximate surface area is 475 Å². The molecule has 2 aliphatic carbocycles. The molecule has 0 amide bonds. The third-order valence-electron chi connectivity index (χ3n) is 17.7. The summed E-state index contributed by atoms with van der Waals surface area (Å²) in [7, 11) is 0. The molecule has 0 fully saturated rings. The molecule has 11 aromatic rings. The highest BCUT2D eigenvalue weighted by Gasteiger charge is 2.52. The molecule has 0 saturated carbocycles. The molecule has 11 aromatic carbocycles. The van der Waals surface area contributed by atoms with Crippen LogP contribution in [-0.2, 0) is 27.1 Å². The van der Waals surface area contributed by atoms with E-state index in [0.717, 1.165) is 17.1 Å². The van der Waals surface area contributed by atoms with E-state index in [1.807, 2.05) is 0 Å². The fourth-order valence-electron chi connectivity index (χ4n) is 13.3. The Morgan fingerprint density at radius 1 is 0.300 bits per heavy atom. The predicted molar refractivity (Wildman–Crippen MR) is 345 cm³/mol. The van der Waals surface area contributed by atoms with Crippen molar-refractivity contribution < 1.29 is 0 Å². The van der Waals surface area contributed by atoms with Crippen LogP contribution in [0.1, 0.15) is 144 Å². The van der Waals surface area contributed by atoms with Crippen LogP contribution in [0.3, 0.4) is 0 Å². The lowest BCUT2D eigenvalue weighted by molar-refractivity contribution is 0.590. The van der Waals surface area contributed by atoms with Crippen molar-refractivity contribution in [3.8, 4) is 22.3 Å². The molecule has 1 spiro atoms. The molecule has 394 valence electrons. The van der Waals surface area contributed by atoms with E-state index < -0.39 is 5.41 Å². The quantitative estimate of drug-likeness (QED) is 0.118. The van der Waals surface area contributed by atoms with Gasteiger partial charge in [0.25, 0.3) is 0 Å². The van der Waals surface area contributed by atoms with Crippen molar-refractivity contribution in [3.63, 3.8) is 0 Å². The molecular weight excluding hydrogens is 963 g/mol. The summed E-state index contributed by atoms with van der Waals surface area (Å²) in [6, 6.07) is 84.4. The standard InChI is InChI=1S/C79H73N/c1-75(2,3)53-30-26-51(27-31-53)67(52-28-32-54(33-29-52)76(4,5)6)45-50-25-43-65-66-44-42-59(80(57-38-34-55(35-39-57)77(7,8)9)58-40-36-56(37-41-58)78(10,11)12)47-73(66)79(72(65)46-50)71-24-18-17-23-64(71)70-48-68-62-21-15-13-19-60(62)61-20-14-16-22-63(61)69(68)49-74(70)79/h13-49H,1-12H3. The van der Waals surface area contributed by atoms with Crippen molar-refractivity contribution in [1.82, 2.24) is 0 Å². The van der Waals surface area contributed by atoms with Gasteiger partial charge in [-0.15, -0.1) is 0 Å². The normalized spacial score (nSPS) is 14.8. The van der Waals surface area contributed by atoms with Crippen molar-refractivity contribution in [3.05, 3.63) is 280 Å². The largest absolute Gasteiger partial charge is 0.310 e. The van der Waals surface area contributed by atoms with E-state index in [1.54, 1.807) is 0 Å². The Morgan fingerprint density at radius 2 is 0.662 bits per heavy atom. The summed E-state index contributed by atoms with van der Waals surface area (Å²) in [5.74, 6) is 0. The van der Waals surface area contributed by atoms with Gasteiger partial charge in [0, 0.05) is 17.1 Å². The molecule has 0 aromatic heterocycles. The van der Waals surface area contributed by atoms with Crippen LogP contribution < -0.4 is 4.90 Å². The lowest BCUT2D eigenvalue weighted by atomic mass is 9.70. The van der Waals surface area contributed by atoms with E-state index in [2.05, 4.69) is 312 Å². The average Bonchev–Trinajstić information content (AvgIpc) is 3.96. The second-order valence-corrected chi connectivity index (χ2v) is 27.0. The van der Waals surface area contributed by atoms with E-state index >= 15 is 0 Å². The highest BCUT2D eigenvalue weighted by molar-refractivity contribution is 6.26. The maximum absolute atomic E-state index is 2.60. The molecular formula is C79H73N. The first-order chi connectivity index (χ1) is 38.2. The lowest BCUT2D eigenvalue weighted by Gasteiger charge is -2.33. The Hall–Kier alpha value is -8.26. The molecule has 1 heteroatoms. The van der Waals surface area contributed by atoms with Crippen LogP contribution in [0.15, 0.2) is 218 Å². The summed E-state index contributed by atoms with van der Waals surface area (Å²) in [4.78, 5) is 2.48. The molecule has 1 nitrogen and oxygen atoms in total. The number of fused-ring (bicyclic) bond motifs is 16. The maximum atomic E-state index is 2.60. The van der Waals surface area contributed by atoms with Gasteiger partial charge in [-0.3, -0.25) is 0 Å². The third-order valence-corrected chi connectivity index (χ3v) is 17.7. The number of hydrogen-bond donors (Lipinski definition) is 0. The molecule has 80 heavy (non-hydrogen) atoms. The zero-order valence-corrected chi connectivity index (χ0v) is 48.8. The summed E-state index contributed by atoms with van der Waals surface area (Å²) in [5.41, 5.74) is 23.4. The highest BCUT2D eigenvalue weighted by atomic mass is 15.1. The van der Waals surface area contributed by atoms with Crippen LogP contribution in [-0.4, -0.2) is 0 Å². The first-order valence-electron chi connectivity index (χ1n) is 28.9. The van der Waals surface area contributed by atoms with Gasteiger partial charge in [-0.25, -0.2) is 0 Å². The minimum atomic E-state index is -0.655. The number of hydrogen-bond acceptors (Lipinski definition) is 1. The first kappa shape index (κ1) is 51.2. The Morgan fingerprint density at radius 3 is 1.14 bits per heavy atom. The van der Waals surface area contributed by atoms with Gasteiger partial charge < -0.3 is 4.90 Å². The fraction of sp³-hybridized carbons (Fsp3) is 0.215. The van der Waals surface area contributed by atoms with Crippen molar-refractivity contribution in [2.75, 3.05) is 4.90 Å². The van der Waals surface area contributed by atoms with Gasteiger partial charge in [-0.05, 0) is 204 Å². The Kier molecular flexibility index (Phi) is 11.8. The summed E-state index contributed by atoms with van der Waals surface area (Å²) < 4.78 is 0. The third kappa shape index (κ3) is 8.34. The second kappa shape index (κ2) is 18.4. The molecule has 0 bridgehead atoms.